The minimum Gasteiger partial charge on any atom is -0.494 e. The van der Waals surface area contributed by atoms with E-state index in [0.29, 0.717) is 19.4 Å². The highest BCUT2D eigenvalue weighted by atomic mass is 32.2. The van der Waals surface area contributed by atoms with Crippen LogP contribution in [0.3, 0.4) is 0 Å². The summed E-state index contributed by atoms with van der Waals surface area (Å²) in [5.41, 5.74) is 7.02. The number of hydrogen-bond donors (Lipinski definition) is 1. The zero-order chi connectivity index (χ0) is 13.6. The molecule has 0 aromatic heterocycles. The predicted molar refractivity (Wildman–Crippen MR) is 73.5 cm³/mol. The molecule has 2 N–H and O–H groups in total. The van der Waals surface area contributed by atoms with Gasteiger partial charge in [0.15, 0.2) is 0 Å². The molecule has 1 aromatic rings. The van der Waals surface area contributed by atoms with Crippen molar-refractivity contribution in [3.05, 3.63) is 29.8 Å². The Labute approximate surface area is 109 Å². The second-order valence-corrected chi connectivity index (χ2v) is 6.64. The fourth-order valence-electron chi connectivity index (χ4n) is 1.73. The van der Waals surface area contributed by atoms with Crippen molar-refractivity contribution in [1.82, 2.24) is 0 Å². The maximum absolute atomic E-state index is 11.0. The summed E-state index contributed by atoms with van der Waals surface area (Å²) in [7, 11) is -2.90. The van der Waals surface area contributed by atoms with Crippen molar-refractivity contribution >= 4 is 9.84 Å². The van der Waals surface area contributed by atoms with Crippen LogP contribution in [-0.2, 0) is 9.84 Å². The molecule has 0 saturated carbocycles. The summed E-state index contributed by atoms with van der Waals surface area (Å²) in [4.78, 5) is 0. The SMILES string of the molecule is CCOc1cccc(C(N)CCCS(C)(=O)=O)c1. The minimum absolute atomic E-state index is 0.146. The molecular weight excluding hydrogens is 250 g/mol. The van der Waals surface area contributed by atoms with Crippen molar-refractivity contribution in [2.24, 2.45) is 5.73 Å². The molecule has 0 bridgehead atoms. The Bertz CT molecular complexity index is 471. The van der Waals surface area contributed by atoms with Gasteiger partial charge in [-0.2, -0.15) is 0 Å². The van der Waals surface area contributed by atoms with Crippen LogP contribution in [0, 0.1) is 0 Å². The van der Waals surface area contributed by atoms with Crippen molar-refractivity contribution in [1.29, 1.82) is 0 Å². The van der Waals surface area contributed by atoms with Crippen molar-refractivity contribution < 1.29 is 13.2 Å². The van der Waals surface area contributed by atoms with Crippen LogP contribution in [0.15, 0.2) is 24.3 Å². The first kappa shape index (κ1) is 15.0. The van der Waals surface area contributed by atoms with E-state index in [1.54, 1.807) is 0 Å². The topological polar surface area (TPSA) is 69.4 Å². The third-order valence-electron chi connectivity index (χ3n) is 2.63. The molecule has 0 aliphatic carbocycles. The summed E-state index contributed by atoms with van der Waals surface area (Å²) in [6.07, 6.45) is 2.48. The van der Waals surface area contributed by atoms with Gasteiger partial charge in [-0.1, -0.05) is 12.1 Å². The fraction of sp³-hybridized carbons (Fsp3) is 0.538. The average Bonchev–Trinajstić information content (AvgIpc) is 2.28. The molecule has 4 nitrogen and oxygen atoms in total. The summed E-state index contributed by atoms with van der Waals surface area (Å²) >= 11 is 0. The van der Waals surface area contributed by atoms with E-state index in [0.717, 1.165) is 11.3 Å². The zero-order valence-corrected chi connectivity index (χ0v) is 11.7. The smallest absolute Gasteiger partial charge is 0.147 e. The van der Waals surface area contributed by atoms with Gasteiger partial charge in [0.25, 0.3) is 0 Å². The van der Waals surface area contributed by atoms with Crippen LogP contribution in [-0.4, -0.2) is 27.0 Å². The highest BCUT2D eigenvalue weighted by molar-refractivity contribution is 7.90. The van der Waals surface area contributed by atoms with Crippen molar-refractivity contribution in [2.45, 2.75) is 25.8 Å². The predicted octanol–water partition coefficient (Wildman–Crippen LogP) is 1.91. The van der Waals surface area contributed by atoms with Gasteiger partial charge in [-0.3, -0.25) is 0 Å². The molecule has 1 rings (SSSR count). The molecule has 1 atom stereocenters. The molecule has 5 heteroatoms. The number of sulfone groups is 1. The van der Waals surface area contributed by atoms with Crippen molar-refractivity contribution in [3.63, 3.8) is 0 Å². The lowest BCUT2D eigenvalue weighted by atomic mass is 10.0. The van der Waals surface area contributed by atoms with Gasteiger partial charge in [0, 0.05) is 18.1 Å². The lowest BCUT2D eigenvalue weighted by Crippen LogP contribution is -2.13. The Morgan fingerprint density at radius 3 is 2.72 bits per heavy atom. The third kappa shape index (κ3) is 5.51. The Balaban J connectivity index is 2.55. The third-order valence-corrected chi connectivity index (χ3v) is 3.66. The monoisotopic (exact) mass is 271 g/mol. The summed E-state index contributed by atoms with van der Waals surface area (Å²) in [6.45, 7) is 2.55. The number of ether oxygens (including phenoxy) is 1. The molecule has 0 radical (unpaired) electrons. The highest BCUT2D eigenvalue weighted by Gasteiger charge is 2.09. The Hall–Kier alpha value is -1.07. The summed E-state index contributed by atoms with van der Waals surface area (Å²) in [5.74, 6) is 0.986. The van der Waals surface area contributed by atoms with Crippen LogP contribution in [0.25, 0.3) is 0 Å². The summed E-state index contributed by atoms with van der Waals surface area (Å²) in [6, 6.07) is 7.49. The van der Waals surface area contributed by atoms with Gasteiger partial charge in [-0.15, -0.1) is 0 Å². The van der Waals surface area contributed by atoms with E-state index >= 15 is 0 Å². The molecule has 1 aromatic carbocycles. The molecule has 1 unspecified atom stereocenters. The van der Waals surface area contributed by atoms with Crippen LogP contribution in [0.4, 0.5) is 0 Å². The summed E-state index contributed by atoms with van der Waals surface area (Å²) < 4.78 is 27.5. The van der Waals surface area contributed by atoms with Gasteiger partial charge in [0.05, 0.1) is 6.61 Å². The molecule has 0 saturated heterocycles. The zero-order valence-electron chi connectivity index (χ0n) is 10.9. The standard InChI is InChI=1S/C13H21NO3S/c1-3-17-12-7-4-6-11(10-12)13(14)8-5-9-18(2,15)16/h4,6-7,10,13H,3,5,8-9,14H2,1-2H3. The first-order valence-corrected chi connectivity index (χ1v) is 8.14. The maximum Gasteiger partial charge on any atom is 0.147 e. The lowest BCUT2D eigenvalue weighted by molar-refractivity contribution is 0.339. The van der Waals surface area contributed by atoms with Crippen LogP contribution < -0.4 is 10.5 Å². The molecule has 0 amide bonds. The normalized spacial score (nSPS) is 13.3. The number of hydrogen-bond acceptors (Lipinski definition) is 4. The van der Waals surface area contributed by atoms with E-state index in [4.69, 9.17) is 10.5 Å². The molecule has 0 fully saturated rings. The van der Waals surface area contributed by atoms with Crippen LogP contribution in [0.2, 0.25) is 0 Å². The molecule has 18 heavy (non-hydrogen) atoms. The van der Waals surface area contributed by atoms with E-state index in [1.165, 1.54) is 6.26 Å². The first-order valence-electron chi connectivity index (χ1n) is 6.08. The highest BCUT2D eigenvalue weighted by Crippen LogP contribution is 2.21. The Morgan fingerprint density at radius 2 is 2.11 bits per heavy atom. The molecule has 0 spiro atoms. The van der Waals surface area contributed by atoms with Crippen LogP contribution >= 0.6 is 0 Å². The van der Waals surface area contributed by atoms with Gasteiger partial charge in [0.2, 0.25) is 0 Å². The van der Waals surface area contributed by atoms with E-state index in [9.17, 15) is 8.42 Å². The van der Waals surface area contributed by atoms with Crippen molar-refractivity contribution in [3.8, 4) is 5.75 Å². The van der Waals surface area contributed by atoms with E-state index < -0.39 is 9.84 Å². The Kier molecular flexibility index (Phi) is 5.62. The second-order valence-electron chi connectivity index (χ2n) is 4.38. The molecule has 102 valence electrons. The number of nitrogens with two attached hydrogens (primary N) is 1. The van der Waals surface area contributed by atoms with Gasteiger partial charge < -0.3 is 10.5 Å². The molecule has 0 aliphatic rings. The molecule has 0 heterocycles. The van der Waals surface area contributed by atoms with Crippen molar-refractivity contribution in [2.75, 3.05) is 18.6 Å². The van der Waals surface area contributed by atoms with E-state index in [-0.39, 0.29) is 11.8 Å². The number of rotatable bonds is 7. The largest absolute Gasteiger partial charge is 0.494 e. The van der Waals surface area contributed by atoms with Gasteiger partial charge in [-0.25, -0.2) is 8.42 Å². The van der Waals surface area contributed by atoms with E-state index in [2.05, 4.69) is 0 Å². The minimum atomic E-state index is -2.90. The van der Waals surface area contributed by atoms with Gasteiger partial charge in [-0.05, 0) is 37.5 Å². The van der Waals surface area contributed by atoms with Gasteiger partial charge >= 0.3 is 0 Å². The Morgan fingerprint density at radius 1 is 1.39 bits per heavy atom. The first-order chi connectivity index (χ1) is 8.42. The molecule has 0 aliphatic heterocycles. The summed E-state index contributed by atoms with van der Waals surface area (Å²) in [5, 5.41) is 0. The fourth-order valence-corrected chi connectivity index (χ4v) is 2.42. The second kappa shape index (κ2) is 6.75. The van der Waals surface area contributed by atoms with Crippen LogP contribution in [0.5, 0.6) is 5.75 Å². The molecular formula is C13H21NO3S. The van der Waals surface area contributed by atoms with E-state index in [1.807, 2.05) is 31.2 Å². The van der Waals surface area contributed by atoms with Gasteiger partial charge in [0.1, 0.15) is 15.6 Å². The number of benzene rings is 1. The maximum atomic E-state index is 11.0. The quantitative estimate of drug-likeness (QED) is 0.822. The average molecular weight is 271 g/mol. The van der Waals surface area contributed by atoms with Crippen LogP contribution in [0.1, 0.15) is 31.4 Å². The lowest BCUT2D eigenvalue weighted by Gasteiger charge is -2.13.